The van der Waals surface area contributed by atoms with Gasteiger partial charge in [0.1, 0.15) is 30.0 Å². The zero-order valence-electron chi connectivity index (χ0n) is 16.6. The molecule has 160 valence electrons. The highest BCUT2D eigenvalue weighted by atomic mass is 19.1. The average Bonchev–Trinajstić information content (AvgIpc) is 3.45. The maximum absolute atomic E-state index is 13.8. The summed E-state index contributed by atoms with van der Waals surface area (Å²) in [4.78, 5) is 25.6. The molecule has 1 amide bonds. The van der Waals surface area contributed by atoms with Gasteiger partial charge < -0.3 is 14.5 Å². The quantitative estimate of drug-likeness (QED) is 0.627. The second kappa shape index (κ2) is 6.68. The van der Waals surface area contributed by atoms with Crippen LogP contribution in [0.1, 0.15) is 37.3 Å². The van der Waals surface area contributed by atoms with Gasteiger partial charge in [0.05, 0.1) is 6.04 Å². The fourth-order valence-corrected chi connectivity index (χ4v) is 5.20. The molecule has 10 heteroatoms. The topological polar surface area (TPSA) is 75.9 Å². The zero-order valence-corrected chi connectivity index (χ0v) is 16.6. The van der Waals surface area contributed by atoms with E-state index in [2.05, 4.69) is 20.0 Å². The number of halogens is 2. The molecule has 3 aliphatic rings. The molecule has 0 bridgehead atoms. The van der Waals surface area contributed by atoms with E-state index in [1.807, 2.05) is 6.07 Å². The number of rotatable bonds is 2. The van der Waals surface area contributed by atoms with Crippen LogP contribution in [0.15, 0.2) is 36.8 Å². The SMILES string of the molecule is O=C1N2C(CCC2c2cc(F)cc(F)c2)OC12CCN(c1ccnc3ncnn13)CC2. The first-order chi connectivity index (χ1) is 15.0. The Morgan fingerprint density at radius 3 is 2.61 bits per heavy atom. The molecule has 3 fully saturated rings. The lowest BCUT2D eigenvalue weighted by atomic mass is 9.89. The van der Waals surface area contributed by atoms with Gasteiger partial charge in [0.25, 0.3) is 11.7 Å². The molecule has 8 nitrogen and oxygen atoms in total. The van der Waals surface area contributed by atoms with Gasteiger partial charge in [-0.2, -0.15) is 14.6 Å². The zero-order chi connectivity index (χ0) is 21.2. The average molecular weight is 426 g/mol. The van der Waals surface area contributed by atoms with Crippen molar-refractivity contribution in [3.05, 3.63) is 54.0 Å². The largest absolute Gasteiger partial charge is 0.356 e. The monoisotopic (exact) mass is 426 g/mol. The number of hydrogen-bond donors (Lipinski definition) is 0. The van der Waals surface area contributed by atoms with Crippen molar-refractivity contribution in [1.82, 2.24) is 24.5 Å². The molecule has 0 N–H and O–H groups in total. The van der Waals surface area contributed by atoms with Gasteiger partial charge >= 0.3 is 0 Å². The van der Waals surface area contributed by atoms with Crippen molar-refractivity contribution < 1.29 is 18.3 Å². The molecule has 31 heavy (non-hydrogen) atoms. The third-order valence-electron chi connectivity index (χ3n) is 6.64. The Morgan fingerprint density at radius 1 is 1.06 bits per heavy atom. The number of benzene rings is 1. The summed E-state index contributed by atoms with van der Waals surface area (Å²) in [5.74, 6) is 0.0507. The minimum atomic E-state index is -0.889. The highest BCUT2D eigenvalue weighted by molar-refractivity contribution is 5.88. The van der Waals surface area contributed by atoms with Gasteiger partial charge in [-0.3, -0.25) is 4.79 Å². The lowest BCUT2D eigenvalue weighted by Crippen LogP contribution is -2.50. The number of nitrogens with zero attached hydrogens (tertiary/aromatic N) is 6. The summed E-state index contributed by atoms with van der Waals surface area (Å²) in [5.41, 5.74) is -0.406. The molecule has 0 aliphatic carbocycles. The lowest BCUT2D eigenvalue weighted by molar-refractivity contribution is -0.140. The van der Waals surface area contributed by atoms with Crippen molar-refractivity contribution in [2.75, 3.05) is 18.0 Å². The van der Waals surface area contributed by atoms with Crippen LogP contribution in [-0.2, 0) is 9.53 Å². The van der Waals surface area contributed by atoms with Gasteiger partial charge in [0.2, 0.25) is 0 Å². The van der Waals surface area contributed by atoms with Crippen LogP contribution < -0.4 is 4.90 Å². The van der Waals surface area contributed by atoms with Gasteiger partial charge in [0.15, 0.2) is 5.60 Å². The molecule has 5 heterocycles. The second-order valence-electron chi connectivity index (χ2n) is 8.34. The van der Waals surface area contributed by atoms with Crippen molar-refractivity contribution in [2.24, 2.45) is 0 Å². The highest BCUT2D eigenvalue weighted by Gasteiger charge is 2.58. The van der Waals surface area contributed by atoms with E-state index < -0.39 is 17.2 Å². The molecule has 3 aliphatic heterocycles. The number of aromatic nitrogens is 4. The summed E-state index contributed by atoms with van der Waals surface area (Å²) in [5, 5.41) is 4.24. The first-order valence-corrected chi connectivity index (χ1v) is 10.4. The molecule has 0 radical (unpaired) electrons. The normalized spacial score (nSPS) is 25.0. The van der Waals surface area contributed by atoms with Crippen molar-refractivity contribution in [3.8, 4) is 0 Å². The van der Waals surface area contributed by atoms with Crippen molar-refractivity contribution >= 4 is 17.5 Å². The van der Waals surface area contributed by atoms with E-state index >= 15 is 0 Å². The smallest absolute Gasteiger partial charge is 0.257 e. The molecule has 2 aromatic heterocycles. The van der Waals surface area contributed by atoms with Crippen LogP contribution in [0.2, 0.25) is 0 Å². The van der Waals surface area contributed by atoms with Crippen LogP contribution in [0.25, 0.3) is 5.78 Å². The minimum Gasteiger partial charge on any atom is -0.356 e. The first-order valence-electron chi connectivity index (χ1n) is 10.4. The van der Waals surface area contributed by atoms with Gasteiger partial charge in [-0.25, -0.2) is 13.8 Å². The number of ether oxygens (including phenoxy) is 1. The van der Waals surface area contributed by atoms with Crippen LogP contribution >= 0.6 is 0 Å². The summed E-state index contributed by atoms with van der Waals surface area (Å²) in [6.07, 6.45) is 5.15. The molecule has 6 rings (SSSR count). The Bertz CT molecular complexity index is 1160. The summed E-state index contributed by atoms with van der Waals surface area (Å²) in [6.45, 7) is 1.23. The Morgan fingerprint density at radius 2 is 1.84 bits per heavy atom. The van der Waals surface area contributed by atoms with Gasteiger partial charge in [-0.1, -0.05) is 0 Å². The number of carbonyl (C=O) groups is 1. The summed E-state index contributed by atoms with van der Waals surface area (Å²) in [7, 11) is 0. The fourth-order valence-electron chi connectivity index (χ4n) is 5.20. The standard InChI is InChI=1S/C21H20F2N6O2/c22-14-9-13(10-15(23)11-14)16-1-2-18-28(16)19(30)21(31-18)4-7-27(8-5-21)17-3-6-24-20-25-12-26-29(17)20/h3,6,9-12,16,18H,1-2,4-5,7-8H2. The fraction of sp³-hybridized carbons (Fsp3) is 0.429. The van der Waals surface area contributed by atoms with Crippen LogP contribution in [-0.4, -0.2) is 55.3 Å². The van der Waals surface area contributed by atoms with Crippen LogP contribution in [0.4, 0.5) is 14.6 Å². The Labute approximate surface area is 176 Å². The van der Waals surface area contributed by atoms with Gasteiger partial charge in [-0.05, 0) is 36.6 Å². The molecular weight excluding hydrogens is 406 g/mol. The number of piperidine rings is 1. The van der Waals surface area contributed by atoms with Gasteiger partial charge in [0, 0.05) is 38.2 Å². The van der Waals surface area contributed by atoms with Crippen LogP contribution in [0.3, 0.4) is 0 Å². The number of fused-ring (bicyclic) bond motifs is 2. The molecule has 2 unspecified atom stereocenters. The molecule has 0 saturated carbocycles. The Balaban J connectivity index is 1.24. The Kier molecular flexibility index (Phi) is 4.01. The molecule has 2 atom stereocenters. The second-order valence-corrected chi connectivity index (χ2v) is 8.34. The first kappa shape index (κ1) is 18.6. The Hall–Kier alpha value is -3.14. The van der Waals surface area contributed by atoms with E-state index in [9.17, 15) is 13.6 Å². The molecule has 1 spiro atoms. The maximum Gasteiger partial charge on any atom is 0.257 e. The predicted molar refractivity (Wildman–Crippen MR) is 105 cm³/mol. The van der Waals surface area contributed by atoms with Crippen molar-refractivity contribution in [3.63, 3.8) is 0 Å². The lowest BCUT2D eigenvalue weighted by Gasteiger charge is -2.38. The van der Waals surface area contributed by atoms with E-state index in [4.69, 9.17) is 4.74 Å². The highest BCUT2D eigenvalue weighted by Crippen LogP contribution is 2.48. The molecule has 3 aromatic rings. The van der Waals surface area contributed by atoms with E-state index in [-0.39, 0.29) is 18.2 Å². The summed E-state index contributed by atoms with van der Waals surface area (Å²) < 4.78 is 35.5. The predicted octanol–water partition coefficient (Wildman–Crippen LogP) is 2.46. The molecular formula is C21H20F2N6O2. The number of hydrogen-bond acceptors (Lipinski definition) is 6. The van der Waals surface area contributed by atoms with Gasteiger partial charge in [-0.15, -0.1) is 0 Å². The number of anilines is 1. The molecule has 1 aromatic carbocycles. The molecule has 3 saturated heterocycles. The van der Waals surface area contributed by atoms with Crippen molar-refractivity contribution in [2.45, 2.75) is 43.6 Å². The summed E-state index contributed by atoms with van der Waals surface area (Å²) >= 11 is 0. The van der Waals surface area contributed by atoms with Crippen LogP contribution in [0.5, 0.6) is 0 Å². The maximum atomic E-state index is 13.8. The summed E-state index contributed by atoms with van der Waals surface area (Å²) in [6, 6.07) is 4.98. The van der Waals surface area contributed by atoms with E-state index in [1.165, 1.54) is 18.5 Å². The van der Waals surface area contributed by atoms with Crippen LogP contribution in [0, 0.1) is 11.6 Å². The van der Waals surface area contributed by atoms with E-state index in [0.717, 1.165) is 11.9 Å². The van der Waals surface area contributed by atoms with E-state index in [0.29, 0.717) is 50.1 Å². The minimum absolute atomic E-state index is 0.0787. The third-order valence-corrected chi connectivity index (χ3v) is 6.64. The third kappa shape index (κ3) is 2.81. The number of amides is 1. The van der Waals surface area contributed by atoms with Crippen molar-refractivity contribution in [1.29, 1.82) is 0 Å². The number of carbonyl (C=O) groups excluding carboxylic acids is 1. The van der Waals surface area contributed by atoms with E-state index in [1.54, 1.807) is 15.6 Å².